The van der Waals surface area contributed by atoms with Crippen molar-refractivity contribution in [2.45, 2.75) is 10.1 Å². The highest BCUT2D eigenvalue weighted by Crippen LogP contribution is 2.31. The molecule has 1 heterocycles. The Bertz CT molecular complexity index is 974. The van der Waals surface area contributed by atoms with E-state index in [1.54, 1.807) is 30.3 Å². The monoisotopic (exact) mass is 455 g/mol. The summed E-state index contributed by atoms with van der Waals surface area (Å²) in [5.41, 5.74) is 1.83. The van der Waals surface area contributed by atoms with Crippen molar-refractivity contribution in [3.8, 4) is 0 Å². The van der Waals surface area contributed by atoms with Crippen LogP contribution in [0, 0.1) is 0 Å². The van der Waals surface area contributed by atoms with Gasteiger partial charge in [-0.3, -0.25) is 10.1 Å². The molecule has 0 atom stereocenters. The molecule has 2 aromatic carbocycles. The zero-order valence-corrected chi connectivity index (χ0v) is 17.6. The van der Waals surface area contributed by atoms with Crippen LogP contribution in [-0.4, -0.2) is 16.1 Å². The van der Waals surface area contributed by atoms with Gasteiger partial charge in [0.25, 0.3) is 0 Å². The third-order valence-electron chi connectivity index (χ3n) is 3.30. The van der Waals surface area contributed by atoms with Gasteiger partial charge in [0, 0.05) is 26.9 Å². The van der Waals surface area contributed by atoms with Crippen LogP contribution in [0.4, 0.5) is 5.13 Å². The molecule has 4 nitrogen and oxygen atoms in total. The minimum absolute atomic E-state index is 0.279. The quantitative estimate of drug-likeness (QED) is 0.263. The molecule has 0 bridgehead atoms. The highest BCUT2D eigenvalue weighted by Gasteiger charge is 2.09. The molecule has 0 spiro atoms. The second-order valence-corrected chi connectivity index (χ2v) is 8.75. The van der Waals surface area contributed by atoms with Gasteiger partial charge in [-0.15, -0.1) is 10.2 Å². The molecular weight excluding hydrogens is 445 g/mol. The molecule has 27 heavy (non-hydrogen) atoms. The van der Waals surface area contributed by atoms with E-state index in [0.29, 0.717) is 26.0 Å². The predicted octanol–water partition coefficient (Wildman–Crippen LogP) is 6.44. The van der Waals surface area contributed by atoms with E-state index >= 15 is 0 Å². The number of nitrogens with one attached hydrogen (secondary N) is 1. The molecule has 0 aliphatic heterocycles. The van der Waals surface area contributed by atoms with Crippen LogP contribution in [0.15, 0.2) is 52.9 Å². The van der Waals surface area contributed by atoms with Gasteiger partial charge < -0.3 is 0 Å². The van der Waals surface area contributed by atoms with Gasteiger partial charge in [-0.05, 0) is 41.5 Å². The number of benzene rings is 2. The van der Waals surface area contributed by atoms with Crippen LogP contribution < -0.4 is 5.32 Å². The number of carbonyl (C=O) groups is 1. The number of hydrogen-bond donors (Lipinski definition) is 1. The number of rotatable bonds is 6. The van der Waals surface area contributed by atoms with Crippen LogP contribution in [0.3, 0.4) is 0 Å². The Balaban J connectivity index is 1.54. The number of halogens is 3. The molecule has 1 amide bonds. The molecular formula is C18H12Cl3N3OS2. The fraction of sp³-hybridized carbons (Fsp3) is 0.0556. The predicted molar refractivity (Wildman–Crippen MR) is 115 cm³/mol. The number of thioether (sulfide) groups is 1. The van der Waals surface area contributed by atoms with Crippen molar-refractivity contribution in [1.82, 2.24) is 10.2 Å². The third kappa shape index (κ3) is 6.23. The maximum Gasteiger partial charge on any atom is 0.250 e. The van der Waals surface area contributed by atoms with Gasteiger partial charge in [0.15, 0.2) is 4.34 Å². The van der Waals surface area contributed by atoms with E-state index in [1.807, 2.05) is 18.2 Å². The van der Waals surface area contributed by atoms with Gasteiger partial charge in [-0.1, -0.05) is 76.1 Å². The van der Waals surface area contributed by atoms with Crippen LogP contribution >= 0.6 is 57.9 Å². The fourth-order valence-corrected chi connectivity index (χ4v) is 4.43. The van der Waals surface area contributed by atoms with Crippen molar-refractivity contribution in [1.29, 1.82) is 0 Å². The molecule has 0 fully saturated rings. The molecule has 3 aromatic rings. The molecule has 3 rings (SSSR count). The van der Waals surface area contributed by atoms with Crippen molar-refractivity contribution in [2.24, 2.45) is 0 Å². The summed E-state index contributed by atoms with van der Waals surface area (Å²) in [5.74, 6) is 0.355. The summed E-state index contributed by atoms with van der Waals surface area (Å²) in [4.78, 5) is 12.0. The van der Waals surface area contributed by atoms with Gasteiger partial charge in [0.1, 0.15) is 0 Å². The molecule has 1 N–H and O–H groups in total. The van der Waals surface area contributed by atoms with E-state index in [9.17, 15) is 4.79 Å². The molecule has 0 saturated heterocycles. The van der Waals surface area contributed by atoms with Gasteiger partial charge in [0.05, 0.1) is 0 Å². The number of hydrogen-bond acceptors (Lipinski definition) is 5. The van der Waals surface area contributed by atoms with E-state index in [0.717, 1.165) is 15.5 Å². The summed E-state index contributed by atoms with van der Waals surface area (Å²) in [7, 11) is 0. The largest absolute Gasteiger partial charge is 0.297 e. The molecule has 0 aliphatic rings. The van der Waals surface area contributed by atoms with Crippen molar-refractivity contribution in [3.05, 3.63) is 74.7 Å². The lowest BCUT2D eigenvalue weighted by Crippen LogP contribution is -2.07. The lowest BCUT2D eigenvalue weighted by molar-refractivity contribution is -0.111. The standard InChI is InChI=1S/C18H12Cl3N3OS2/c19-13-5-1-11(2-6-13)3-8-16(25)22-17-23-24-18(27-17)26-10-12-4-7-14(20)9-15(12)21/h1-9H,10H2,(H,22,23,25)/b8-3+. The van der Waals surface area contributed by atoms with E-state index in [2.05, 4.69) is 15.5 Å². The first-order valence-corrected chi connectivity index (χ1v) is 10.6. The van der Waals surface area contributed by atoms with Gasteiger partial charge in [0.2, 0.25) is 11.0 Å². The molecule has 1 aromatic heterocycles. The molecule has 0 aliphatic carbocycles. The van der Waals surface area contributed by atoms with Crippen molar-refractivity contribution < 1.29 is 4.79 Å². The number of anilines is 1. The summed E-state index contributed by atoms with van der Waals surface area (Å²) in [6.07, 6.45) is 3.13. The summed E-state index contributed by atoms with van der Waals surface area (Å²) in [5, 5.41) is 13.0. The summed E-state index contributed by atoms with van der Waals surface area (Å²) in [6.45, 7) is 0. The Morgan fingerprint density at radius 2 is 1.81 bits per heavy atom. The second-order valence-electron chi connectivity index (χ2n) is 5.27. The minimum atomic E-state index is -0.279. The van der Waals surface area contributed by atoms with Gasteiger partial charge >= 0.3 is 0 Å². The van der Waals surface area contributed by atoms with Crippen LogP contribution in [-0.2, 0) is 10.5 Å². The molecule has 0 unspecified atom stereocenters. The number of nitrogens with zero attached hydrogens (tertiary/aromatic N) is 2. The Labute approximate surface area is 179 Å². The maximum absolute atomic E-state index is 12.0. The van der Waals surface area contributed by atoms with Gasteiger partial charge in [-0.2, -0.15) is 0 Å². The number of amides is 1. The van der Waals surface area contributed by atoms with Crippen molar-refractivity contribution in [3.63, 3.8) is 0 Å². The summed E-state index contributed by atoms with van der Waals surface area (Å²) in [6, 6.07) is 12.6. The van der Waals surface area contributed by atoms with Crippen LogP contribution in [0.5, 0.6) is 0 Å². The van der Waals surface area contributed by atoms with E-state index < -0.39 is 0 Å². The Morgan fingerprint density at radius 3 is 2.56 bits per heavy atom. The Kier molecular flexibility index (Phi) is 7.15. The lowest BCUT2D eigenvalue weighted by atomic mass is 10.2. The first-order chi connectivity index (χ1) is 13.0. The minimum Gasteiger partial charge on any atom is -0.297 e. The third-order valence-corrected chi connectivity index (χ3v) is 6.16. The van der Waals surface area contributed by atoms with E-state index in [4.69, 9.17) is 34.8 Å². The smallest absolute Gasteiger partial charge is 0.250 e. The lowest BCUT2D eigenvalue weighted by Gasteiger charge is -2.02. The fourth-order valence-electron chi connectivity index (χ4n) is 1.99. The first kappa shape index (κ1) is 20.2. The topological polar surface area (TPSA) is 54.9 Å². The zero-order chi connectivity index (χ0) is 19.2. The summed E-state index contributed by atoms with van der Waals surface area (Å²) >= 11 is 20.7. The summed E-state index contributed by atoms with van der Waals surface area (Å²) < 4.78 is 0.734. The van der Waals surface area contributed by atoms with Crippen molar-refractivity contribution >= 4 is 75.0 Å². The van der Waals surface area contributed by atoms with E-state index in [-0.39, 0.29) is 5.91 Å². The van der Waals surface area contributed by atoms with E-state index in [1.165, 1.54) is 29.2 Å². The second kappa shape index (κ2) is 9.57. The maximum atomic E-state index is 12.0. The number of aromatic nitrogens is 2. The highest BCUT2D eigenvalue weighted by atomic mass is 35.5. The Hall–Kier alpha value is -1.57. The van der Waals surface area contributed by atoms with Crippen LogP contribution in [0.1, 0.15) is 11.1 Å². The zero-order valence-electron chi connectivity index (χ0n) is 13.7. The van der Waals surface area contributed by atoms with Crippen molar-refractivity contribution in [2.75, 3.05) is 5.32 Å². The highest BCUT2D eigenvalue weighted by molar-refractivity contribution is 8.00. The SMILES string of the molecule is O=C(/C=C/c1ccc(Cl)cc1)Nc1nnc(SCc2ccc(Cl)cc2Cl)s1. The molecule has 0 saturated carbocycles. The molecule has 138 valence electrons. The Morgan fingerprint density at radius 1 is 1.07 bits per heavy atom. The normalized spacial score (nSPS) is 11.1. The first-order valence-electron chi connectivity index (χ1n) is 7.64. The molecule has 0 radical (unpaired) electrons. The van der Waals surface area contributed by atoms with Crippen LogP contribution in [0.2, 0.25) is 15.1 Å². The van der Waals surface area contributed by atoms with Gasteiger partial charge in [-0.25, -0.2) is 0 Å². The average molecular weight is 457 g/mol. The van der Waals surface area contributed by atoms with Crippen LogP contribution in [0.25, 0.3) is 6.08 Å². The number of carbonyl (C=O) groups excluding carboxylic acids is 1. The molecule has 9 heteroatoms. The average Bonchev–Trinajstić information content (AvgIpc) is 3.08.